The van der Waals surface area contributed by atoms with E-state index in [1.54, 1.807) is 47.4 Å². The van der Waals surface area contributed by atoms with Gasteiger partial charge in [0.25, 0.3) is 0 Å². The molecule has 3 aromatic carbocycles. The Kier molecular flexibility index (Phi) is 12.6. The molecule has 2 amide bonds. The number of hydrogen-bond acceptors (Lipinski definition) is 5. The molecule has 0 aliphatic heterocycles. The fourth-order valence-corrected chi connectivity index (χ4v) is 7.19. The fourth-order valence-electron chi connectivity index (χ4n) is 5.70. The molecule has 1 N–H and O–H groups in total. The van der Waals surface area contributed by atoms with E-state index in [2.05, 4.69) is 5.32 Å². The van der Waals surface area contributed by atoms with Crippen molar-refractivity contribution in [3.8, 4) is 5.75 Å². The Labute approximate surface area is 276 Å². The Morgan fingerprint density at radius 3 is 2.18 bits per heavy atom. The van der Waals surface area contributed by atoms with E-state index in [4.69, 9.17) is 27.9 Å². The Morgan fingerprint density at radius 2 is 1.58 bits per heavy atom. The van der Waals surface area contributed by atoms with Crippen LogP contribution in [0, 0.1) is 0 Å². The molecular formula is C34H41Cl2N3O5S. The van der Waals surface area contributed by atoms with E-state index in [1.165, 1.54) is 11.4 Å². The highest BCUT2D eigenvalue weighted by Gasteiger charge is 2.33. The van der Waals surface area contributed by atoms with E-state index < -0.39 is 16.1 Å². The molecule has 0 bridgehead atoms. The predicted molar refractivity (Wildman–Crippen MR) is 180 cm³/mol. The number of anilines is 1. The van der Waals surface area contributed by atoms with Gasteiger partial charge in [-0.3, -0.25) is 13.9 Å². The SMILES string of the molecule is COc1ccc(N(CCCC(=O)N(Cc2c(Cl)cccc2Cl)C(Cc2ccccc2)C(=O)NC2CCCCC2)S(C)(=O)=O)cc1. The molecule has 1 unspecified atom stereocenters. The average Bonchev–Trinajstić information content (AvgIpc) is 3.02. The fraction of sp³-hybridized carbons (Fsp3) is 0.412. The number of carbonyl (C=O) groups excluding carboxylic acids is 2. The molecule has 3 aromatic rings. The third kappa shape index (κ3) is 9.86. The second-order valence-corrected chi connectivity index (χ2v) is 14.1. The molecule has 1 aliphatic rings. The van der Waals surface area contributed by atoms with Crippen molar-refractivity contribution in [3.63, 3.8) is 0 Å². The van der Waals surface area contributed by atoms with E-state index in [9.17, 15) is 18.0 Å². The lowest BCUT2D eigenvalue weighted by atomic mass is 9.94. The molecule has 242 valence electrons. The van der Waals surface area contributed by atoms with Gasteiger partial charge in [0, 0.05) is 47.6 Å². The van der Waals surface area contributed by atoms with Gasteiger partial charge >= 0.3 is 0 Å². The topological polar surface area (TPSA) is 96.0 Å². The Bertz CT molecular complexity index is 1510. The highest BCUT2D eigenvalue weighted by Crippen LogP contribution is 2.28. The van der Waals surface area contributed by atoms with Crippen LogP contribution in [0.25, 0.3) is 0 Å². The molecule has 0 saturated heterocycles. The minimum Gasteiger partial charge on any atom is -0.497 e. The number of ether oxygens (including phenoxy) is 1. The number of carbonyl (C=O) groups is 2. The van der Waals surface area contributed by atoms with Crippen LogP contribution in [0.4, 0.5) is 5.69 Å². The number of rotatable bonds is 14. The summed E-state index contributed by atoms with van der Waals surface area (Å²) < 4.78 is 31.9. The van der Waals surface area contributed by atoms with Gasteiger partial charge in [-0.25, -0.2) is 8.42 Å². The van der Waals surface area contributed by atoms with E-state index in [0.717, 1.165) is 43.9 Å². The van der Waals surface area contributed by atoms with Crippen molar-refractivity contribution in [1.29, 1.82) is 0 Å². The Hall–Kier alpha value is -3.27. The molecule has 4 rings (SSSR count). The molecule has 0 spiro atoms. The summed E-state index contributed by atoms with van der Waals surface area (Å²) in [5.41, 5.74) is 1.93. The molecule has 11 heteroatoms. The zero-order valence-corrected chi connectivity index (χ0v) is 28.1. The van der Waals surface area contributed by atoms with Crippen LogP contribution in [0.5, 0.6) is 5.75 Å². The summed E-state index contributed by atoms with van der Waals surface area (Å²) in [4.78, 5) is 29.7. The first-order valence-corrected chi connectivity index (χ1v) is 17.9. The summed E-state index contributed by atoms with van der Waals surface area (Å²) in [5.74, 6) is 0.0828. The third-order valence-corrected chi connectivity index (χ3v) is 10.0. The molecule has 1 aliphatic carbocycles. The van der Waals surface area contributed by atoms with Crippen molar-refractivity contribution in [3.05, 3.63) is 94.0 Å². The minimum atomic E-state index is -3.63. The number of hydrogen-bond donors (Lipinski definition) is 1. The van der Waals surface area contributed by atoms with Crippen molar-refractivity contribution in [2.75, 3.05) is 24.2 Å². The Balaban J connectivity index is 1.61. The molecule has 0 heterocycles. The number of nitrogens with zero attached hydrogens (tertiary/aromatic N) is 2. The van der Waals surface area contributed by atoms with Crippen LogP contribution >= 0.6 is 23.2 Å². The lowest BCUT2D eigenvalue weighted by Crippen LogP contribution is -2.53. The van der Waals surface area contributed by atoms with Crippen LogP contribution in [0.1, 0.15) is 56.1 Å². The van der Waals surface area contributed by atoms with Gasteiger partial charge in [0.05, 0.1) is 19.1 Å². The van der Waals surface area contributed by atoms with E-state index in [0.29, 0.717) is 33.5 Å². The summed E-state index contributed by atoms with van der Waals surface area (Å²) in [6.45, 7) is 0.108. The van der Waals surface area contributed by atoms with Crippen molar-refractivity contribution >= 4 is 50.7 Å². The maximum atomic E-state index is 14.1. The molecule has 0 aromatic heterocycles. The highest BCUT2D eigenvalue weighted by molar-refractivity contribution is 7.92. The first kappa shape index (κ1) is 34.6. The number of benzene rings is 3. The third-order valence-electron chi connectivity index (χ3n) is 8.13. The molecule has 1 saturated carbocycles. The van der Waals surface area contributed by atoms with Crippen LogP contribution in [0.15, 0.2) is 72.8 Å². The lowest BCUT2D eigenvalue weighted by molar-refractivity contribution is -0.141. The van der Waals surface area contributed by atoms with Gasteiger partial charge in [-0.1, -0.05) is 78.9 Å². The van der Waals surface area contributed by atoms with E-state index >= 15 is 0 Å². The van der Waals surface area contributed by atoms with Crippen LogP contribution in [0.2, 0.25) is 10.0 Å². The largest absolute Gasteiger partial charge is 0.497 e. The van der Waals surface area contributed by atoms with Gasteiger partial charge in [-0.05, 0) is 61.2 Å². The summed E-state index contributed by atoms with van der Waals surface area (Å²) in [5, 5.41) is 4.01. The zero-order chi connectivity index (χ0) is 32.4. The van der Waals surface area contributed by atoms with E-state index in [-0.39, 0.29) is 43.8 Å². The van der Waals surface area contributed by atoms with Crippen LogP contribution < -0.4 is 14.4 Å². The number of halogens is 2. The van der Waals surface area contributed by atoms with Crippen LogP contribution in [0.3, 0.4) is 0 Å². The number of methoxy groups -OCH3 is 1. The first-order valence-electron chi connectivity index (χ1n) is 15.2. The highest BCUT2D eigenvalue weighted by atomic mass is 35.5. The second-order valence-electron chi connectivity index (χ2n) is 11.4. The van der Waals surface area contributed by atoms with Gasteiger partial charge < -0.3 is 15.0 Å². The first-order chi connectivity index (χ1) is 21.6. The number of nitrogens with one attached hydrogen (secondary N) is 1. The molecule has 0 radical (unpaired) electrons. The molecule has 1 atom stereocenters. The maximum Gasteiger partial charge on any atom is 0.243 e. The van der Waals surface area contributed by atoms with Crippen molar-refractivity contribution in [1.82, 2.24) is 10.2 Å². The van der Waals surface area contributed by atoms with Crippen LogP contribution in [-0.4, -0.2) is 57.1 Å². The Morgan fingerprint density at radius 1 is 0.933 bits per heavy atom. The minimum absolute atomic E-state index is 0.00620. The van der Waals surface area contributed by atoms with Crippen molar-refractivity contribution in [2.24, 2.45) is 0 Å². The number of amides is 2. The molecular weight excluding hydrogens is 633 g/mol. The molecule has 8 nitrogen and oxygen atoms in total. The van der Waals surface area contributed by atoms with Gasteiger partial charge in [0.2, 0.25) is 21.8 Å². The predicted octanol–water partition coefficient (Wildman–Crippen LogP) is 6.64. The average molecular weight is 675 g/mol. The lowest BCUT2D eigenvalue weighted by Gasteiger charge is -2.34. The summed E-state index contributed by atoms with van der Waals surface area (Å²) in [7, 11) is -2.10. The normalized spacial score (nSPS) is 14.4. The monoisotopic (exact) mass is 673 g/mol. The maximum absolute atomic E-state index is 14.1. The van der Waals surface area contributed by atoms with Gasteiger partial charge in [-0.2, -0.15) is 0 Å². The summed E-state index contributed by atoms with van der Waals surface area (Å²) in [6, 6.07) is 20.7. The molecule has 45 heavy (non-hydrogen) atoms. The van der Waals surface area contributed by atoms with Crippen molar-refractivity contribution in [2.45, 2.75) is 70.0 Å². The van der Waals surface area contributed by atoms with Crippen LogP contribution in [-0.2, 0) is 32.6 Å². The van der Waals surface area contributed by atoms with E-state index in [1.807, 2.05) is 30.3 Å². The summed E-state index contributed by atoms with van der Waals surface area (Å²) >= 11 is 13.1. The quantitative estimate of drug-likeness (QED) is 0.207. The van der Waals surface area contributed by atoms with Gasteiger partial charge in [0.1, 0.15) is 11.8 Å². The summed E-state index contributed by atoms with van der Waals surface area (Å²) in [6.07, 6.45) is 6.73. The zero-order valence-electron chi connectivity index (χ0n) is 25.8. The second kappa shape index (κ2) is 16.3. The van der Waals surface area contributed by atoms with Crippen molar-refractivity contribution < 1.29 is 22.7 Å². The van der Waals surface area contributed by atoms with Gasteiger partial charge in [0.15, 0.2) is 0 Å². The van der Waals surface area contributed by atoms with Gasteiger partial charge in [-0.15, -0.1) is 0 Å². The molecule has 1 fully saturated rings. The standard InChI is InChI=1S/C34H41Cl2N3O5S/c1-44-28-20-18-27(19-21-28)39(45(2,42)43)22-10-17-33(40)38(24-29-30(35)15-9-16-31(29)36)32(23-25-11-5-3-6-12-25)34(41)37-26-13-7-4-8-14-26/h3,5-6,9,11-12,15-16,18-21,26,32H,4,7-8,10,13-14,17,22-24H2,1-2H3,(H,37,41). The number of sulfonamides is 1. The smallest absolute Gasteiger partial charge is 0.243 e.